The quantitative estimate of drug-likeness (QED) is 0.201. The zero-order valence-corrected chi connectivity index (χ0v) is 24.2. The molecule has 0 bridgehead atoms. The van der Waals surface area contributed by atoms with Crippen LogP contribution in [0.2, 0.25) is 0 Å². The molecule has 39 heavy (non-hydrogen) atoms. The van der Waals surface area contributed by atoms with Gasteiger partial charge in [-0.05, 0) is 33.1 Å². The highest BCUT2D eigenvalue weighted by Crippen LogP contribution is 2.57. The Morgan fingerprint density at radius 1 is 1.10 bits per heavy atom. The van der Waals surface area contributed by atoms with Crippen LogP contribution >= 0.6 is 0 Å². The number of ether oxygens (including phenoxy) is 5. The van der Waals surface area contributed by atoms with Gasteiger partial charge in [0.2, 0.25) is 0 Å². The van der Waals surface area contributed by atoms with Crippen molar-refractivity contribution in [2.45, 2.75) is 111 Å². The van der Waals surface area contributed by atoms with Crippen molar-refractivity contribution in [3.05, 3.63) is 11.6 Å². The van der Waals surface area contributed by atoms with Crippen LogP contribution in [0, 0.1) is 23.2 Å². The molecule has 1 aliphatic heterocycles. The number of methoxy groups -OCH3 is 1. The van der Waals surface area contributed by atoms with Crippen molar-refractivity contribution in [2.75, 3.05) is 7.11 Å². The van der Waals surface area contributed by atoms with E-state index in [1.165, 1.54) is 21.0 Å². The van der Waals surface area contributed by atoms with Crippen LogP contribution in [0.25, 0.3) is 0 Å². The maximum Gasteiger partial charge on any atom is 0.311 e. The summed E-state index contributed by atoms with van der Waals surface area (Å²) in [5.41, 5.74) is -1.82. The number of fused-ring (bicyclic) bond motifs is 2. The molecule has 1 heterocycles. The highest BCUT2D eigenvalue weighted by molar-refractivity contribution is 5.98. The Bertz CT molecular complexity index is 1030. The average Bonchev–Trinajstić information content (AvgIpc) is 3.57. The lowest BCUT2D eigenvalue weighted by Crippen LogP contribution is -2.64. The van der Waals surface area contributed by atoms with Gasteiger partial charge in [0.05, 0.1) is 18.4 Å². The van der Waals surface area contributed by atoms with Gasteiger partial charge in [0.25, 0.3) is 0 Å². The Balaban J connectivity index is 2.26. The van der Waals surface area contributed by atoms with Crippen molar-refractivity contribution in [3.63, 3.8) is 0 Å². The van der Waals surface area contributed by atoms with E-state index in [1.54, 1.807) is 20.8 Å². The molecule has 2 aliphatic carbocycles. The maximum atomic E-state index is 14.8. The minimum atomic E-state index is -1.53. The van der Waals surface area contributed by atoms with Crippen molar-refractivity contribution in [3.8, 4) is 0 Å². The third-order valence-electron chi connectivity index (χ3n) is 8.76. The molecule has 0 radical (unpaired) electrons. The molecule has 1 saturated heterocycles. The molecule has 0 aromatic heterocycles. The van der Waals surface area contributed by atoms with Gasteiger partial charge >= 0.3 is 23.9 Å². The summed E-state index contributed by atoms with van der Waals surface area (Å²) in [4.78, 5) is 64.8. The lowest BCUT2D eigenvalue weighted by Gasteiger charge is -2.54. The summed E-state index contributed by atoms with van der Waals surface area (Å²) in [5.74, 6) is -4.98. The predicted octanol–water partition coefficient (Wildman–Crippen LogP) is 3.48. The van der Waals surface area contributed by atoms with Crippen molar-refractivity contribution >= 4 is 29.7 Å². The molecular weight excluding hydrogens is 508 g/mol. The zero-order valence-electron chi connectivity index (χ0n) is 24.2. The molecule has 0 amide bonds. The molecule has 0 N–H and O–H groups in total. The van der Waals surface area contributed by atoms with Crippen molar-refractivity contribution in [2.24, 2.45) is 23.2 Å². The molecule has 0 aromatic rings. The summed E-state index contributed by atoms with van der Waals surface area (Å²) in [7, 11) is 1.25. The SMILES string of the molecule is CCCC(=O)OC1CCC(C)=CC2OC2(C(C)C(=O)OC)C(=O)C2C(C)C(OC(C)=O)CC(OC(C)=O)C12C. The Morgan fingerprint density at radius 2 is 1.74 bits per heavy atom. The first-order valence-electron chi connectivity index (χ1n) is 13.7. The first-order valence-corrected chi connectivity index (χ1v) is 13.7. The number of carbonyl (C=O) groups excluding carboxylic acids is 5. The molecule has 9 unspecified atom stereocenters. The van der Waals surface area contributed by atoms with Gasteiger partial charge in [-0.1, -0.05) is 32.4 Å². The number of esters is 4. The lowest BCUT2D eigenvalue weighted by atomic mass is 9.53. The van der Waals surface area contributed by atoms with Crippen molar-refractivity contribution in [1.29, 1.82) is 0 Å². The molecule has 218 valence electrons. The van der Waals surface area contributed by atoms with E-state index in [9.17, 15) is 24.0 Å². The van der Waals surface area contributed by atoms with Crippen LogP contribution in [0.1, 0.15) is 80.6 Å². The van der Waals surface area contributed by atoms with E-state index in [0.29, 0.717) is 19.3 Å². The van der Waals surface area contributed by atoms with E-state index in [0.717, 1.165) is 5.57 Å². The highest BCUT2D eigenvalue weighted by Gasteiger charge is 2.72. The van der Waals surface area contributed by atoms with E-state index in [1.807, 2.05) is 19.9 Å². The number of rotatable bonds is 7. The lowest BCUT2D eigenvalue weighted by molar-refractivity contribution is -0.212. The van der Waals surface area contributed by atoms with Gasteiger partial charge in [-0.2, -0.15) is 0 Å². The second-order valence-electron chi connectivity index (χ2n) is 11.4. The van der Waals surface area contributed by atoms with E-state index in [2.05, 4.69) is 0 Å². The van der Waals surface area contributed by atoms with Crippen LogP contribution < -0.4 is 0 Å². The molecule has 0 aromatic carbocycles. The van der Waals surface area contributed by atoms with E-state index in [-0.39, 0.29) is 12.8 Å². The molecule has 1 saturated carbocycles. The number of Topliss-reactive ketones (excluding diaryl/α,β-unsaturated/α-hetero) is 1. The van der Waals surface area contributed by atoms with Gasteiger partial charge in [0.1, 0.15) is 24.4 Å². The molecular formula is C29H42O10. The molecule has 10 nitrogen and oxygen atoms in total. The summed E-state index contributed by atoms with van der Waals surface area (Å²) in [5, 5.41) is 0. The van der Waals surface area contributed by atoms with E-state index in [4.69, 9.17) is 23.7 Å². The maximum absolute atomic E-state index is 14.8. The zero-order chi connectivity index (χ0) is 29.3. The number of hydrogen-bond acceptors (Lipinski definition) is 10. The summed E-state index contributed by atoms with van der Waals surface area (Å²) in [6, 6.07) is 0. The van der Waals surface area contributed by atoms with Crippen LogP contribution in [0.5, 0.6) is 0 Å². The van der Waals surface area contributed by atoms with Gasteiger partial charge in [-0.15, -0.1) is 0 Å². The first-order chi connectivity index (χ1) is 18.2. The van der Waals surface area contributed by atoms with Crippen LogP contribution in [-0.2, 0) is 47.7 Å². The number of ketones is 1. The Hall–Kier alpha value is -2.75. The summed E-state index contributed by atoms with van der Waals surface area (Å²) in [6.07, 6.45) is 0.502. The standard InChI is InChI=1S/C29H42O10/c1-9-10-24(32)38-21-12-11-15(2)13-23-29(39-23,17(4)27(34)35-8)26(33)25-16(3)20(36-18(5)30)14-22(28(21,25)7)37-19(6)31/h13,16-17,20-23,25H,9-12,14H2,1-8H3. The number of hydrogen-bond donors (Lipinski definition) is 0. The first kappa shape index (κ1) is 30.8. The van der Waals surface area contributed by atoms with Gasteiger partial charge < -0.3 is 23.7 Å². The van der Waals surface area contributed by atoms with E-state index >= 15 is 0 Å². The van der Waals surface area contributed by atoms with Gasteiger partial charge in [0, 0.05) is 38.5 Å². The minimum absolute atomic E-state index is 0.126. The largest absolute Gasteiger partial charge is 0.469 e. The fourth-order valence-corrected chi connectivity index (χ4v) is 6.64. The molecule has 10 heteroatoms. The number of carbonyl (C=O) groups is 5. The topological polar surface area (TPSA) is 135 Å². The second kappa shape index (κ2) is 11.8. The molecule has 3 aliphatic rings. The fourth-order valence-electron chi connectivity index (χ4n) is 6.64. The van der Waals surface area contributed by atoms with Gasteiger partial charge in [0.15, 0.2) is 11.4 Å². The summed E-state index contributed by atoms with van der Waals surface area (Å²) in [6.45, 7) is 11.5. The fraction of sp³-hybridized carbons (Fsp3) is 0.759. The minimum Gasteiger partial charge on any atom is -0.469 e. The third kappa shape index (κ3) is 5.76. The van der Waals surface area contributed by atoms with Crippen molar-refractivity contribution < 1.29 is 47.7 Å². The Morgan fingerprint density at radius 3 is 2.31 bits per heavy atom. The van der Waals surface area contributed by atoms with Crippen LogP contribution in [0.3, 0.4) is 0 Å². The summed E-state index contributed by atoms with van der Waals surface area (Å²) >= 11 is 0. The van der Waals surface area contributed by atoms with Crippen molar-refractivity contribution in [1.82, 2.24) is 0 Å². The number of epoxide rings is 1. The van der Waals surface area contributed by atoms with Gasteiger partial charge in [-0.3, -0.25) is 24.0 Å². The van der Waals surface area contributed by atoms with Gasteiger partial charge in [-0.25, -0.2) is 0 Å². The Kier molecular flexibility index (Phi) is 9.30. The Labute approximate surface area is 230 Å². The smallest absolute Gasteiger partial charge is 0.311 e. The molecule has 3 rings (SSSR count). The number of allylic oxidation sites excluding steroid dienone is 1. The van der Waals surface area contributed by atoms with Crippen LogP contribution in [-0.4, -0.2) is 66.8 Å². The highest BCUT2D eigenvalue weighted by atomic mass is 16.6. The monoisotopic (exact) mass is 550 g/mol. The summed E-state index contributed by atoms with van der Waals surface area (Å²) < 4.78 is 28.6. The molecule has 9 atom stereocenters. The van der Waals surface area contributed by atoms with E-state index < -0.39 is 82.8 Å². The third-order valence-corrected chi connectivity index (χ3v) is 8.76. The molecule has 0 spiro atoms. The second-order valence-corrected chi connectivity index (χ2v) is 11.4. The average molecular weight is 551 g/mol. The van der Waals surface area contributed by atoms with Crippen LogP contribution in [0.15, 0.2) is 11.6 Å². The van der Waals surface area contributed by atoms with Crippen LogP contribution in [0.4, 0.5) is 0 Å². The predicted molar refractivity (Wildman–Crippen MR) is 138 cm³/mol. The molecule has 2 fully saturated rings. The normalized spacial score (nSPS) is 36.7.